The lowest BCUT2D eigenvalue weighted by atomic mass is 9.96. The zero-order valence-electron chi connectivity index (χ0n) is 19.6. The van der Waals surface area contributed by atoms with Crippen LogP contribution in [0.25, 0.3) is 6.08 Å². The predicted octanol–water partition coefficient (Wildman–Crippen LogP) is 2.63. The molecule has 36 heavy (non-hydrogen) atoms. The first-order valence-corrected chi connectivity index (χ1v) is 11.7. The molecule has 4 rings (SSSR count). The molecule has 0 fully saturated rings. The van der Waals surface area contributed by atoms with E-state index < -0.39 is 28.5 Å². The average molecular weight is 508 g/mol. The van der Waals surface area contributed by atoms with Gasteiger partial charge in [0.2, 0.25) is 0 Å². The monoisotopic (exact) mass is 507 g/mol. The summed E-state index contributed by atoms with van der Waals surface area (Å²) in [5.74, 6) is -0.775. The molecule has 0 radical (unpaired) electrons. The number of nitrogens with zero attached hydrogens (tertiary/aromatic N) is 3. The van der Waals surface area contributed by atoms with Crippen LogP contribution in [-0.4, -0.2) is 28.0 Å². The lowest BCUT2D eigenvalue weighted by Gasteiger charge is -2.24. The molecule has 2 heterocycles. The van der Waals surface area contributed by atoms with Crippen LogP contribution in [0.5, 0.6) is 5.75 Å². The number of allylic oxidation sites excluding steroid dienone is 1. The van der Waals surface area contributed by atoms with Crippen LogP contribution in [0.3, 0.4) is 0 Å². The van der Waals surface area contributed by atoms with Gasteiger partial charge in [-0.25, -0.2) is 9.79 Å². The van der Waals surface area contributed by atoms with Gasteiger partial charge in [0, 0.05) is 13.0 Å². The summed E-state index contributed by atoms with van der Waals surface area (Å²) >= 11 is 1.07. The molecule has 11 heteroatoms. The minimum atomic E-state index is -0.861. The third kappa shape index (κ3) is 4.73. The molecule has 0 N–H and O–H groups in total. The van der Waals surface area contributed by atoms with Gasteiger partial charge in [0.1, 0.15) is 5.75 Å². The minimum Gasteiger partial charge on any atom is -0.463 e. The molecule has 2 aromatic carbocycles. The number of thiazole rings is 1. The van der Waals surface area contributed by atoms with Gasteiger partial charge in [-0.3, -0.25) is 24.3 Å². The number of hydrogen-bond acceptors (Lipinski definition) is 9. The zero-order chi connectivity index (χ0) is 26.0. The van der Waals surface area contributed by atoms with Crippen molar-refractivity contribution in [2.75, 3.05) is 6.61 Å². The summed E-state index contributed by atoms with van der Waals surface area (Å²) < 4.78 is 12.0. The first-order valence-electron chi connectivity index (χ1n) is 10.9. The normalized spacial score (nSPS) is 15.2. The molecule has 10 nitrogen and oxygen atoms in total. The Bertz CT molecular complexity index is 1580. The predicted molar refractivity (Wildman–Crippen MR) is 131 cm³/mol. The van der Waals surface area contributed by atoms with Gasteiger partial charge in [-0.1, -0.05) is 35.6 Å². The second-order valence-electron chi connectivity index (χ2n) is 7.78. The van der Waals surface area contributed by atoms with Crippen molar-refractivity contribution in [2.45, 2.75) is 26.8 Å². The summed E-state index contributed by atoms with van der Waals surface area (Å²) in [6.07, 6.45) is 1.45. The second-order valence-corrected chi connectivity index (χ2v) is 8.79. The number of ether oxygens (including phenoxy) is 2. The number of rotatable bonds is 6. The molecule has 0 spiro atoms. The van der Waals surface area contributed by atoms with E-state index >= 15 is 0 Å². The van der Waals surface area contributed by atoms with Crippen LogP contribution in [-0.2, 0) is 14.3 Å². The standard InChI is InChI=1S/C25H21N3O7S/c1-4-34-24(31)21-14(2)26-25-27(22(21)16-9-11-18(12-10-16)35-15(3)29)23(30)20(36-25)13-17-7-5-6-8-19(17)28(32)33/h5-13,22H,4H2,1-3H3/b20-13-/t22-/m0/s1. The van der Waals surface area contributed by atoms with Gasteiger partial charge in [-0.15, -0.1) is 0 Å². The molecule has 184 valence electrons. The van der Waals surface area contributed by atoms with Gasteiger partial charge in [0.15, 0.2) is 4.80 Å². The third-order valence-corrected chi connectivity index (χ3v) is 6.38. The van der Waals surface area contributed by atoms with E-state index in [1.165, 1.54) is 23.6 Å². The summed E-state index contributed by atoms with van der Waals surface area (Å²) in [5, 5.41) is 11.4. The number of fused-ring (bicyclic) bond motifs is 1. The number of carbonyl (C=O) groups is 2. The van der Waals surface area contributed by atoms with Gasteiger partial charge >= 0.3 is 11.9 Å². The van der Waals surface area contributed by atoms with Gasteiger partial charge in [0.25, 0.3) is 11.2 Å². The Labute approximate surface area is 208 Å². The summed E-state index contributed by atoms with van der Waals surface area (Å²) in [7, 11) is 0. The lowest BCUT2D eigenvalue weighted by molar-refractivity contribution is -0.385. The van der Waals surface area contributed by atoms with E-state index in [0.29, 0.717) is 21.8 Å². The van der Waals surface area contributed by atoms with Gasteiger partial charge < -0.3 is 9.47 Å². The topological polar surface area (TPSA) is 130 Å². The summed E-state index contributed by atoms with van der Waals surface area (Å²) in [6, 6.07) is 11.7. The van der Waals surface area contributed by atoms with Crippen LogP contribution < -0.4 is 19.6 Å². The number of carbonyl (C=O) groups excluding carboxylic acids is 2. The molecule has 0 saturated carbocycles. The van der Waals surface area contributed by atoms with Crippen molar-refractivity contribution in [1.29, 1.82) is 0 Å². The highest BCUT2D eigenvalue weighted by molar-refractivity contribution is 7.07. The highest BCUT2D eigenvalue weighted by Crippen LogP contribution is 2.31. The number of hydrogen-bond donors (Lipinski definition) is 0. The Morgan fingerprint density at radius 1 is 1.19 bits per heavy atom. The van der Waals surface area contributed by atoms with E-state index in [4.69, 9.17) is 9.47 Å². The third-order valence-electron chi connectivity index (χ3n) is 5.39. The van der Waals surface area contributed by atoms with E-state index in [2.05, 4.69) is 4.99 Å². The first-order chi connectivity index (χ1) is 17.2. The SMILES string of the molecule is CCOC(=O)C1=C(C)N=c2s/c(=C\c3ccccc3[N+](=O)[O-])c(=O)n2[C@H]1c1ccc(OC(C)=O)cc1. The van der Waals surface area contributed by atoms with E-state index in [1.807, 2.05) is 0 Å². The largest absolute Gasteiger partial charge is 0.463 e. The molecule has 1 aromatic heterocycles. The van der Waals surface area contributed by atoms with Crippen molar-refractivity contribution < 1.29 is 24.0 Å². The maximum Gasteiger partial charge on any atom is 0.338 e. The highest BCUT2D eigenvalue weighted by atomic mass is 32.1. The summed E-state index contributed by atoms with van der Waals surface area (Å²) in [5.41, 5.74) is 0.838. The van der Waals surface area contributed by atoms with Crippen LogP contribution in [0.4, 0.5) is 5.69 Å². The Balaban J connectivity index is 1.93. The fraction of sp³-hybridized carbons (Fsp3) is 0.200. The number of benzene rings is 2. The van der Waals surface area contributed by atoms with Gasteiger partial charge in [-0.2, -0.15) is 0 Å². The van der Waals surface area contributed by atoms with Gasteiger partial charge in [0.05, 0.1) is 38.9 Å². The van der Waals surface area contributed by atoms with E-state index in [1.54, 1.807) is 56.3 Å². The number of nitro groups is 1. The molecule has 1 atom stereocenters. The van der Waals surface area contributed by atoms with Crippen LogP contribution in [0.15, 0.2) is 69.6 Å². The number of aromatic nitrogens is 1. The van der Waals surface area contributed by atoms with Gasteiger partial charge in [-0.05, 0) is 43.7 Å². The summed E-state index contributed by atoms with van der Waals surface area (Å²) in [6.45, 7) is 4.76. The van der Waals surface area contributed by atoms with E-state index in [-0.39, 0.29) is 28.0 Å². The molecule has 1 aliphatic rings. The second kappa shape index (κ2) is 10.1. The van der Waals surface area contributed by atoms with Crippen LogP contribution in [0.1, 0.15) is 37.9 Å². The fourth-order valence-corrected chi connectivity index (χ4v) is 4.95. The first kappa shape index (κ1) is 24.7. The van der Waals surface area contributed by atoms with Crippen molar-refractivity contribution in [3.05, 3.63) is 101 Å². The number of nitro benzene ring substituents is 1. The van der Waals surface area contributed by atoms with Crippen LogP contribution in [0.2, 0.25) is 0 Å². The summed E-state index contributed by atoms with van der Waals surface area (Å²) in [4.78, 5) is 53.6. The molecule has 0 saturated heterocycles. The molecular weight excluding hydrogens is 486 g/mol. The van der Waals surface area contributed by atoms with E-state index in [9.17, 15) is 24.5 Å². The molecule has 0 bridgehead atoms. The zero-order valence-corrected chi connectivity index (χ0v) is 20.4. The Morgan fingerprint density at radius 2 is 1.89 bits per heavy atom. The van der Waals surface area contributed by atoms with Crippen molar-refractivity contribution in [3.8, 4) is 5.75 Å². The Kier molecular flexibility index (Phi) is 6.93. The van der Waals surface area contributed by atoms with Crippen LogP contribution >= 0.6 is 11.3 Å². The van der Waals surface area contributed by atoms with Crippen molar-refractivity contribution in [2.24, 2.45) is 4.99 Å². The molecule has 0 amide bonds. The van der Waals surface area contributed by atoms with Crippen molar-refractivity contribution >= 4 is 35.0 Å². The molecular formula is C25H21N3O7S. The van der Waals surface area contributed by atoms with Crippen molar-refractivity contribution in [3.63, 3.8) is 0 Å². The maximum absolute atomic E-state index is 13.6. The molecule has 0 aliphatic carbocycles. The molecule has 1 aliphatic heterocycles. The molecule has 0 unspecified atom stereocenters. The Hall–Kier alpha value is -4.38. The Morgan fingerprint density at radius 3 is 2.53 bits per heavy atom. The van der Waals surface area contributed by atoms with E-state index in [0.717, 1.165) is 11.3 Å². The quantitative estimate of drug-likeness (QED) is 0.217. The lowest BCUT2D eigenvalue weighted by Crippen LogP contribution is -2.39. The smallest absolute Gasteiger partial charge is 0.338 e. The minimum absolute atomic E-state index is 0.135. The molecule has 3 aromatic rings. The number of para-hydroxylation sites is 1. The highest BCUT2D eigenvalue weighted by Gasteiger charge is 2.33. The number of esters is 2. The maximum atomic E-state index is 13.6. The fourth-order valence-electron chi connectivity index (χ4n) is 3.91. The average Bonchev–Trinajstić information content (AvgIpc) is 3.13. The van der Waals surface area contributed by atoms with Crippen LogP contribution in [0, 0.1) is 10.1 Å². The van der Waals surface area contributed by atoms with Crippen molar-refractivity contribution in [1.82, 2.24) is 4.57 Å².